The Labute approximate surface area is 196 Å². The normalized spacial score (nSPS) is 20.6. The maximum Gasteiger partial charge on any atom is 0.310 e. The Morgan fingerprint density at radius 1 is 1.21 bits per heavy atom. The molecule has 1 aliphatic carbocycles. The molecule has 2 aliphatic rings. The van der Waals surface area contributed by atoms with Gasteiger partial charge >= 0.3 is 5.97 Å². The summed E-state index contributed by atoms with van der Waals surface area (Å²) in [5.74, 6) is -1.74. The lowest BCUT2D eigenvalue weighted by molar-refractivity contribution is -0.149. The van der Waals surface area contributed by atoms with Gasteiger partial charge in [-0.15, -0.1) is 4.40 Å². The van der Waals surface area contributed by atoms with E-state index in [1.165, 1.54) is 36.3 Å². The van der Waals surface area contributed by atoms with Gasteiger partial charge in [0.25, 0.3) is 10.0 Å². The predicted molar refractivity (Wildman–Crippen MR) is 124 cm³/mol. The Morgan fingerprint density at radius 2 is 1.94 bits per heavy atom. The summed E-state index contributed by atoms with van der Waals surface area (Å²) in [5.41, 5.74) is 6.93. The van der Waals surface area contributed by atoms with E-state index in [2.05, 4.69) is 9.71 Å². The molecule has 2 aromatic rings. The van der Waals surface area contributed by atoms with Gasteiger partial charge in [-0.05, 0) is 48.7 Å². The van der Waals surface area contributed by atoms with Crippen molar-refractivity contribution in [1.29, 1.82) is 0 Å². The van der Waals surface area contributed by atoms with Gasteiger partial charge in [0.2, 0.25) is 5.91 Å². The second-order valence-electron chi connectivity index (χ2n) is 8.35. The number of nitrogens with zero attached hydrogens (tertiary/aromatic N) is 2. The number of benzene rings is 2. The number of esters is 1. The van der Waals surface area contributed by atoms with Crippen LogP contribution < -0.4 is 11.1 Å². The number of nitrogens with one attached hydrogen (secondary N) is 1. The van der Waals surface area contributed by atoms with E-state index in [1.807, 2.05) is 0 Å². The van der Waals surface area contributed by atoms with Crippen LogP contribution >= 0.6 is 0 Å². The Bertz CT molecular complexity index is 1250. The highest BCUT2D eigenvalue weighted by Gasteiger charge is 2.40. The molecule has 1 amide bonds. The number of anilines is 2. The molecule has 0 spiro atoms. The summed E-state index contributed by atoms with van der Waals surface area (Å²) in [6, 6.07) is 9.67. The van der Waals surface area contributed by atoms with Gasteiger partial charge in [0.15, 0.2) is 0 Å². The highest BCUT2D eigenvalue weighted by atomic mass is 32.2. The molecular weight excluding hydrogens is 463 g/mol. The third-order valence-corrected chi connectivity index (χ3v) is 7.44. The molecule has 180 valence electrons. The summed E-state index contributed by atoms with van der Waals surface area (Å²) < 4.78 is 47.4. The summed E-state index contributed by atoms with van der Waals surface area (Å²) in [6.07, 6.45) is 1.58. The molecular formula is C23H25FN4O5S. The molecule has 2 atom stereocenters. The van der Waals surface area contributed by atoms with E-state index < -0.39 is 39.7 Å². The Hall–Kier alpha value is -3.47. The first kappa shape index (κ1) is 23.7. The summed E-state index contributed by atoms with van der Waals surface area (Å²) in [4.78, 5) is 27.3. The van der Waals surface area contributed by atoms with Crippen LogP contribution in [0.4, 0.5) is 15.8 Å². The van der Waals surface area contributed by atoms with Crippen molar-refractivity contribution in [3.8, 4) is 0 Å². The molecule has 1 heterocycles. The van der Waals surface area contributed by atoms with Gasteiger partial charge in [0, 0.05) is 18.3 Å². The van der Waals surface area contributed by atoms with E-state index in [-0.39, 0.29) is 35.1 Å². The molecule has 2 aromatic carbocycles. The fourth-order valence-electron chi connectivity index (χ4n) is 4.47. The minimum atomic E-state index is -4.04. The standard InChI is InChI=1S/C23H25FN4O5S/c1-33-23(30)17-3-2-4-19(17)28(13-14-5-7-15(24)8-6-14)22(29)12-21-26-18-10-9-16(25)11-20(18)34(31,32)27-21/h5-11,17,19H,2-4,12-13,25H2,1H3,(H,26,27). The van der Waals surface area contributed by atoms with Crippen LogP contribution in [0.25, 0.3) is 0 Å². The Morgan fingerprint density at radius 3 is 2.65 bits per heavy atom. The van der Waals surface area contributed by atoms with E-state index >= 15 is 0 Å². The fraction of sp³-hybridized carbons (Fsp3) is 0.348. The number of hydrogen-bond acceptors (Lipinski definition) is 7. The van der Waals surface area contributed by atoms with Gasteiger partial charge in [-0.2, -0.15) is 8.42 Å². The number of methoxy groups -OCH3 is 1. The van der Waals surface area contributed by atoms with Crippen molar-refractivity contribution in [3.63, 3.8) is 0 Å². The van der Waals surface area contributed by atoms with Crippen molar-refractivity contribution in [1.82, 2.24) is 4.90 Å². The lowest BCUT2D eigenvalue weighted by atomic mass is 10.0. The number of nitrogens with two attached hydrogens (primary N) is 1. The van der Waals surface area contributed by atoms with E-state index in [4.69, 9.17) is 10.5 Å². The lowest BCUT2D eigenvalue weighted by Gasteiger charge is -2.33. The van der Waals surface area contributed by atoms with E-state index in [0.717, 1.165) is 6.42 Å². The number of sulfonamides is 1. The molecule has 3 N–H and O–H groups in total. The molecule has 0 bridgehead atoms. The zero-order chi connectivity index (χ0) is 24.5. The summed E-state index contributed by atoms with van der Waals surface area (Å²) in [5, 5.41) is 2.90. The molecule has 11 heteroatoms. The molecule has 2 unspecified atom stereocenters. The van der Waals surface area contributed by atoms with Crippen LogP contribution in [0.3, 0.4) is 0 Å². The molecule has 0 aromatic heterocycles. The summed E-state index contributed by atoms with van der Waals surface area (Å²) in [7, 11) is -2.73. The fourth-order valence-corrected chi connectivity index (χ4v) is 5.65. The van der Waals surface area contributed by atoms with Crippen LogP contribution in [0.15, 0.2) is 51.8 Å². The summed E-state index contributed by atoms with van der Waals surface area (Å²) >= 11 is 0. The van der Waals surface area contributed by atoms with Crippen molar-refractivity contribution < 1.29 is 27.1 Å². The first-order chi connectivity index (χ1) is 16.2. The molecule has 4 rings (SSSR count). The lowest BCUT2D eigenvalue weighted by Crippen LogP contribution is -2.45. The number of rotatable bonds is 6. The topological polar surface area (TPSA) is 131 Å². The number of amides is 1. The summed E-state index contributed by atoms with van der Waals surface area (Å²) in [6.45, 7) is 0.129. The minimum Gasteiger partial charge on any atom is -0.469 e. The monoisotopic (exact) mass is 488 g/mol. The van der Waals surface area contributed by atoms with Crippen molar-refractivity contribution in [2.24, 2.45) is 10.3 Å². The van der Waals surface area contributed by atoms with E-state index in [9.17, 15) is 22.4 Å². The maximum atomic E-state index is 13.5. The van der Waals surface area contributed by atoms with Gasteiger partial charge in [-0.1, -0.05) is 18.6 Å². The zero-order valence-electron chi connectivity index (χ0n) is 18.5. The second kappa shape index (κ2) is 9.41. The Balaban J connectivity index is 1.62. The first-order valence-electron chi connectivity index (χ1n) is 10.8. The number of fused-ring (bicyclic) bond motifs is 1. The van der Waals surface area contributed by atoms with Crippen molar-refractivity contribution in [2.45, 2.75) is 43.2 Å². The highest BCUT2D eigenvalue weighted by Crippen LogP contribution is 2.33. The Kier molecular flexibility index (Phi) is 6.56. The second-order valence-corrected chi connectivity index (χ2v) is 9.92. The molecule has 0 saturated heterocycles. The molecule has 34 heavy (non-hydrogen) atoms. The third-order valence-electron chi connectivity index (χ3n) is 6.08. The number of hydrogen-bond donors (Lipinski definition) is 2. The largest absolute Gasteiger partial charge is 0.469 e. The number of ether oxygens (including phenoxy) is 1. The minimum absolute atomic E-state index is 0.0287. The van der Waals surface area contributed by atoms with Crippen LogP contribution in [0, 0.1) is 11.7 Å². The molecule has 1 saturated carbocycles. The van der Waals surface area contributed by atoms with Crippen LogP contribution in [-0.2, 0) is 30.9 Å². The molecule has 0 radical (unpaired) electrons. The third kappa shape index (κ3) is 4.89. The number of nitrogen functional groups attached to an aromatic ring is 1. The quantitative estimate of drug-likeness (QED) is 0.472. The predicted octanol–water partition coefficient (Wildman–Crippen LogP) is 2.68. The van der Waals surface area contributed by atoms with Gasteiger partial charge in [-0.25, -0.2) is 4.39 Å². The van der Waals surface area contributed by atoms with Crippen molar-refractivity contribution in [2.75, 3.05) is 18.2 Å². The van der Waals surface area contributed by atoms with Gasteiger partial charge in [0.05, 0.1) is 25.1 Å². The zero-order valence-corrected chi connectivity index (χ0v) is 19.3. The highest BCUT2D eigenvalue weighted by molar-refractivity contribution is 7.90. The van der Waals surface area contributed by atoms with Gasteiger partial charge < -0.3 is 20.7 Å². The van der Waals surface area contributed by atoms with E-state index in [1.54, 1.807) is 18.2 Å². The van der Waals surface area contributed by atoms with Crippen molar-refractivity contribution in [3.05, 3.63) is 53.8 Å². The number of carbonyl (C=O) groups is 2. The van der Waals surface area contributed by atoms with E-state index in [0.29, 0.717) is 18.4 Å². The molecule has 9 nitrogen and oxygen atoms in total. The smallest absolute Gasteiger partial charge is 0.310 e. The number of halogens is 1. The average Bonchev–Trinajstić information content (AvgIpc) is 3.28. The number of amidine groups is 1. The molecule has 1 aliphatic heterocycles. The van der Waals surface area contributed by atoms with Crippen LogP contribution in [0.1, 0.15) is 31.2 Å². The first-order valence-corrected chi connectivity index (χ1v) is 12.2. The molecule has 1 fully saturated rings. The van der Waals surface area contributed by atoms with Gasteiger partial charge in [0.1, 0.15) is 16.5 Å². The van der Waals surface area contributed by atoms with Crippen molar-refractivity contribution >= 4 is 39.1 Å². The SMILES string of the molecule is COC(=O)C1CCCC1N(Cc1ccc(F)cc1)C(=O)CC1=NS(=O)(=O)c2cc(N)ccc2N1. The van der Waals surface area contributed by atoms with Crippen LogP contribution in [0.2, 0.25) is 0 Å². The van der Waals surface area contributed by atoms with Crippen LogP contribution in [-0.4, -0.2) is 44.2 Å². The average molecular weight is 489 g/mol. The van der Waals surface area contributed by atoms with Gasteiger partial charge in [-0.3, -0.25) is 9.59 Å². The number of carbonyl (C=O) groups excluding carboxylic acids is 2. The van der Waals surface area contributed by atoms with Crippen LogP contribution in [0.5, 0.6) is 0 Å². The maximum absolute atomic E-state index is 13.5.